The topological polar surface area (TPSA) is 63.7 Å². The summed E-state index contributed by atoms with van der Waals surface area (Å²) in [7, 11) is 0. The van der Waals surface area contributed by atoms with Crippen molar-refractivity contribution in [1.29, 1.82) is 0 Å². The van der Waals surface area contributed by atoms with Crippen LogP contribution in [0.15, 0.2) is 0 Å². The van der Waals surface area contributed by atoms with Gasteiger partial charge in [-0.05, 0) is 6.42 Å². The number of carbonyl (C=O) groups excluding carboxylic acids is 3. The SMILES string of the molecule is CCCCN1C(=O)CC(SCOC(C)=O)C1=O. The molecule has 0 aromatic carbocycles. The van der Waals surface area contributed by atoms with E-state index in [9.17, 15) is 14.4 Å². The summed E-state index contributed by atoms with van der Waals surface area (Å²) in [5.41, 5.74) is 0. The van der Waals surface area contributed by atoms with Gasteiger partial charge in [-0.15, -0.1) is 11.8 Å². The molecule has 17 heavy (non-hydrogen) atoms. The number of unbranched alkanes of at least 4 members (excludes halogenated alkanes) is 1. The molecule has 0 aromatic heterocycles. The van der Waals surface area contributed by atoms with E-state index in [1.54, 1.807) is 0 Å². The maximum absolute atomic E-state index is 11.8. The van der Waals surface area contributed by atoms with E-state index in [4.69, 9.17) is 4.74 Å². The smallest absolute Gasteiger partial charge is 0.303 e. The van der Waals surface area contributed by atoms with Gasteiger partial charge in [-0.3, -0.25) is 19.3 Å². The Morgan fingerprint density at radius 3 is 2.82 bits per heavy atom. The predicted molar refractivity (Wildman–Crippen MR) is 64.3 cm³/mol. The second-order valence-electron chi connectivity index (χ2n) is 3.85. The van der Waals surface area contributed by atoms with Crippen LogP contribution in [0.4, 0.5) is 0 Å². The summed E-state index contributed by atoms with van der Waals surface area (Å²) >= 11 is 1.21. The van der Waals surface area contributed by atoms with Crippen LogP contribution in [0.25, 0.3) is 0 Å². The lowest BCUT2D eigenvalue weighted by molar-refractivity contribution is -0.140. The quantitative estimate of drug-likeness (QED) is 0.407. The van der Waals surface area contributed by atoms with Crippen molar-refractivity contribution in [3.63, 3.8) is 0 Å². The number of nitrogens with zero attached hydrogens (tertiary/aromatic N) is 1. The van der Waals surface area contributed by atoms with Crippen molar-refractivity contribution in [2.24, 2.45) is 0 Å². The molecule has 0 spiro atoms. The zero-order valence-electron chi connectivity index (χ0n) is 10.1. The minimum absolute atomic E-state index is 0.122. The summed E-state index contributed by atoms with van der Waals surface area (Å²) in [6.07, 6.45) is 2.00. The first-order valence-corrected chi connectivity index (χ1v) is 6.70. The molecule has 1 rings (SSSR count). The zero-order valence-corrected chi connectivity index (χ0v) is 10.9. The summed E-state index contributed by atoms with van der Waals surface area (Å²) in [5.74, 6) is -0.526. The summed E-state index contributed by atoms with van der Waals surface area (Å²) in [6.45, 7) is 3.83. The molecular formula is C11H17NO4S. The van der Waals surface area contributed by atoms with Gasteiger partial charge in [0.25, 0.3) is 0 Å². The highest BCUT2D eigenvalue weighted by Crippen LogP contribution is 2.25. The van der Waals surface area contributed by atoms with Gasteiger partial charge in [-0.1, -0.05) is 13.3 Å². The van der Waals surface area contributed by atoms with E-state index in [1.165, 1.54) is 23.6 Å². The molecule has 0 N–H and O–H groups in total. The molecule has 1 atom stereocenters. The van der Waals surface area contributed by atoms with Crippen LogP contribution in [0, 0.1) is 0 Å². The molecule has 0 bridgehead atoms. The maximum Gasteiger partial charge on any atom is 0.303 e. The molecule has 96 valence electrons. The van der Waals surface area contributed by atoms with E-state index < -0.39 is 5.25 Å². The van der Waals surface area contributed by atoms with Crippen molar-refractivity contribution in [3.05, 3.63) is 0 Å². The number of thioether (sulfide) groups is 1. The fourth-order valence-corrected chi connectivity index (χ4v) is 2.46. The zero-order chi connectivity index (χ0) is 12.8. The lowest BCUT2D eigenvalue weighted by Crippen LogP contribution is -2.32. The minimum atomic E-state index is -0.390. The van der Waals surface area contributed by atoms with Crippen molar-refractivity contribution in [2.75, 3.05) is 12.5 Å². The first-order chi connectivity index (χ1) is 8.06. The van der Waals surface area contributed by atoms with E-state index in [-0.39, 0.29) is 30.1 Å². The number of carbonyl (C=O) groups is 3. The molecule has 1 unspecified atom stereocenters. The van der Waals surface area contributed by atoms with Gasteiger partial charge < -0.3 is 4.74 Å². The molecule has 0 radical (unpaired) electrons. The van der Waals surface area contributed by atoms with Crippen LogP contribution in [-0.4, -0.2) is 40.4 Å². The fraction of sp³-hybridized carbons (Fsp3) is 0.727. The molecule has 1 fully saturated rings. The molecule has 0 saturated carbocycles. The van der Waals surface area contributed by atoms with Gasteiger partial charge in [-0.2, -0.15) is 0 Å². The molecule has 1 aliphatic rings. The Balaban J connectivity index is 2.41. The number of imide groups is 1. The summed E-state index contributed by atoms with van der Waals surface area (Å²) in [6, 6.07) is 0. The highest BCUT2D eigenvalue weighted by atomic mass is 32.2. The third-order valence-corrected chi connectivity index (χ3v) is 3.49. The average Bonchev–Trinajstić information content (AvgIpc) is 2.52. The Hall–Kier alpha value is -1.04. The molecule has 1 saturated heterocycles. The summed E-state index contributed by atoms with van der Waals surface area (Å²) < 4.78 is 4.75. The van der Waals surface area contributed by atoms with Gasteiger partial charge in [0.1, 0.15) is 5.94 Å². The standard InChI is InChI=1S/C11H17NO4S/c1-3-4-5-12-10(14)6-9(11(12)15)17-7-16-8(2)13/h9H,3-7H2,1-2H3. The van der Waals surface area contributed by atoms with Crippen molar-refractivity contribution >= 4 is 29.5 Å². The van der Waals surface area contributed by atoms with Crippen molar-refractivity contribution < 1.29 is 19.1 Å². The van der Waals surface area contributed by atoms with Gasteiger partial charge in [0.15, 0.2) is 0 Å². The Bertz CT molecular complexity index is 319. The molecule has 5 nitrogen and oxygen atoms in total. The monoisotopic (exact) mass is 259 g/mol. The Kier molecular flexibility index (Phi) is 5.47. The highest BCUT2D eigenvalue weighted by molar-refractivity contribution is 8.00. The molecule has 0 aromatic rings. The normalized spacial score (nSPS) is 19.9. The van der Waals surface area contributed by atoms with Gasteiger partial charge in [-0.25, -0.2) is 0 Å². The van der Waals surface area contributed by atoms with Crippen LogP contribution in [0.1, 0.15) is 33.1 Å². The minimum Gasteiger partial charge on any atom is -0.455 e. The van der Waals surface area contributed by atoms with Gasteiger partial charge in [0.05, 0.1) is 5.25 Å². The van der Waals surface area contributed by atoms with Crippen LogP contribution in [0.5, 0.6) is 0 Å². The second kappa shape index (κ2) is 6.64. The first kappa shape index (κ1) is 14.0. The first-order valence-electron chi connectivity index (χ1n) is 5.65. The molecular weight excluding hydrogens is 242 g/mol. The van der Waals surface area contributed by atoms with E-state index in [1.807, 2.05) is 6.92 Å². The van der Waals surface area contributed by atoms with Gasteiger partial charge >= 0.3 is 5.97 Å². The summed E-state index contributed by atoms with van der Waals surface area (Å²) in [4.78, 5) is 35.3. The van der Waals surface area contributed by atoms with E-state index in [2.05, 4.69) is 0 Å². The fourth-order valence-electron chi connectivity index (χ4n) is 1.53. The van der Waals surface area contributed by atoms with Crippen LogP contribution in [0.3, 0.4) is 0 Å². The number of likely N-dealkylation sites (tertiary alicyclic amines) is 1. The van der Waals surface area contributed by atoms with E-state index in [0.717, 1.165) is 12.8 Å². The Labute approximate surface area is 105 Å². The van der Waals surface area contributed by atoms with Crippen LogP contribution >= 0.6 is 11.8 Å². The predicted octanol–water partition coefficient (Wildman–Crippen LogP) is 1.17. The number of amides is 2. The lowest BCUT2D eigenvalue weighted by atomic mass is 10.3. The van der Waals surface area contributed by atoms with Crippen molar-refractivity contribution in [1.82, 2.24) is 4.90 Å². The Morgan fingerprint density at radius 1 is 1.53 bits per heavy atom. The summed E-state index contributed by atoms with van der Waals surface area (Å²) in [5, 5.41) is -0.390. The molecule has 0 aliphatic carbocycles. The highest BCUT2D eigenvalue weighted by Gasteiger charge is 2.38. The van der Waals surface area contributed by atoms with Gasteiger partial charge in [0.2, 0.25) is 11.8 Å². The van der Waals surface area contributed by atoms with Crippen LogP contribution < -0.4 is 0 Å². The molecule has 6 heteroatoms. The lowest BCUT2D eigenvalue weighted by Gasteiger charge is -2.13. The van der Waals surface area contributed by atoms with Crippen molar-refractivity contribution in [3.8, 4) is 0 Å². The van der Waals surface area contributed by atoms with Crippen LogP contribution in [0.2, 0.25) is 0 Å². The second-order valence-corrected chi connectivity index (χ2v) is 4.99. The van der Waals surface area contributed by atoms with E-state index in [0.29, 0.717) is 6.54 Å². The number of hydrogen-bond donors (Lipinski definition) is 0. The molecule has 2 amide bonds. The van der Waals surface area contributed by atoms with Crippen LogP contribution in [-0.2, 0) is 19.1 Å². The van der Waals surface area contributed by atoms with Gasteiger partial charge in [0, 0.05) is 19.9 Å². The largest absolute Gasteiger partial charge is 0.455 e. The molecule has 1 aliphatic heterocycles. The molecule has 1 heterocycles. The maximum atomic E-state index is 11.8. The number of esters is 1. The third-order valence-electron chi connectivity index (χ3n) is 2.47. The Morgan fingerprint density at radius 2 is 2.24 bits per heavy atom. The number of hydrogen-bond acceptors (Lipinski definition) is 5. The van der Waals surface area contributed by atoms with E-state index >= 15 is 0 Å². The number of rotatable bonds is 6. The average molecular weight is 259 g/mol. The van der Waals surface area contributed by atoms with Crippen molar-refractivity contribution in [2.45, 2.75) is 38.4 Å². The number of ether oxygens (including phenoxy) is 1. The third kappa shape index (κ3) is 4.03.